The molecule has 7 heteroatoms. The number of rotatable bonds is 4. The van der Waals surface area contributed by atoms with E-state index in [1.807, 2.05) is 24.3 Å². The van der Waals surface area contributed by atoms with Crippen molar-refractivity contribution in [1.82, 2.24) is 14.3 Å². The van der Waals surface area contributed by atoms with E-state index in [1.165, 1.54) is 12.5 Å². The van der Waals surface area contributed by atoms with Gasteiger partial charge in [0.05, 0.1) is 12.5 Å². The first-order valence-corrected chi connectivity index (χ1v) is 8.64. The predicted octanol–water partition coefficient (Wildman–Crippen LogP) is 2.46. The van der Waals surface area contributed by atoms with Gasteiger partial charge in [-0.3, -0.25) is 0 Å². The molecule has 0 aliphatic carbocycles. The third-order valence-corrected chi connectivity index (χ3v) is 6.04. The van der Waals surface area contributed by atoms with Crippen LogP contribution in [0.15, 0.2) is 41.8 Å². The van der Waals surface area contributed by atoms with Crippen molar-refractivity contribution in [3.05, 3.63) is 47.4 Å². The highest BCUT2D eigenvalue weighted by Gasteiger charge is 2.36. The number of aromatic amines is 1. The van der Waals surface area contributed by atoms with E-state index in [1.54, 1.807) is 4.31 Å². The zero-order valence-corrected chi connectivity index (χ0v) is 12.9. The van der Waals surface area contributed by atoms with Gasteiger partial charge in [0, 0.05) is 17.6 Å². The van der Waals surface area contributed by atoms with Crippen molar-refractivity contribution < 1.29 is 8.42 Å². The number of aromatic nitrogens is 2. The van der Waals surface area contributed by atoms with Crippen molar-refractivity contribution >= 4 is 21.6 Å². The lowest BCUT2D eigenvalue weighted by Gasteiger charge is -2.23. The first-order valence-electron chi connectivity index (χ1n) is 6.82. The van der Waals surface area contributed by atoms with Gasteiger partial charge >= 0.3 is 0 Å². The Labute approximate surface area is 129 Å². The van der Waals surface area contributed by atoms with Crippen LogP contribution >= 0.6 is 11.6 Å². The second-order valence-corrected chi connectivity index (χ2v) is 7.39. The summed E-state index contributed by atoms with van der Waals surface area (Å²) in [7, 11) is -3.51. The molecule has 1 fully saturated rings. The molecule has 0 bridgehead atoms. The summed E-state index contributed by atoms with van der Waals surface area (Å²) < 4.78 is 26.8. The third-order valence-electron chi connectivity index (χ3n) is 3.80. The molecule has 1 aromatic heterocycles. The molecule has 2 aromatic rings. The molecule has 21 heavy (non-hydrogen) atoms. The van der Waals surface area contributed by atoms with Crippen LogP contribution in [0.2, 0.25) is 5.02 Å². The fraction of sp³-hybridized carbons (Fsp3) is 0.357. The zero-order chi connectivity index (χ0) is 14.9. The summed E-state index contributed by atoms with van der Waals surface area (Å²) >= 11 is 6.18. The molecule has 0 saturated carbocycles. The molecule has 1 aliphatic rings. The first kappa shape index (κ1) is 14.6. The Morgan fingerprint density at radius 3 is 2.90 bits per heavy atom. The molecule has 1 aliphatic heterocycles. The van der Waals surface area contributed by atoms with Crippen molar-refractivity contribution in [2.75, 3.05) is 6.54 Å². The molecule has 3 rings (SSSR count). The van der Waals surface area contributed by atoms with E-state index in [0.717, 1.165) is 18.4 Å². The van der Waals surface area contributed by atoms with Crippen LogP contribution < -0.4 is 0 Å². The standard InChI is InChI=1S/C14H16ClN3O2S/c15-13-6-2-1-4-11(13)8-12-5-3-7-18(12)21(19,20)14-9-16-10-17-14/h1-2,4,6,9-10,12H,3,5,7-8H2,(H,16,17). The predicted molar refractivity (Wildman–Crippen MR) is 80.7 cm³/mol. The van der Waals surface area contributed by atoms with E-state index in [-0.39, 0.29) is 11.1 Å². The number of sulfonamides is 1. The average Bonchev–Trinajstić information content (AvgIpc) is 3.12. The quantitative estimate of drug-likeness (QED) is 0.939. The number of imidazole rings is 1. The maximum Gasteiger partial charge on any atom is 0.260 e. The molecule has 2 heterocycles. The summed E-state index contributed by atoms with van der Waals surface area (Å²) in [6.45, 7) is 0.538. The minimum absolute atomic E-state index is 0.0572. The lowest BCUT2D eigenvalue weighted by molar-refractivity contribution is 0.384. The Bertz CT molecular complexity index is 716. The molecule has 1 N–H and O–H groups in total. The second-order valence-electron chi connectivity index (χ2n) is 5.12. The normalized spacial score (nSPS) is 20.0. The van der Waals surface area contributed by atoms with Crippen LogP contribution in [0.1, 0.15) is 18.4 Å². The molecule has 1 unspecified atom stereocenters. The van der Waals surface area contributed by atoms with Crippen molar-refractivity contribution in [3.63, 3.8) is 0 Å². The van der Waals surface area contributed by atoms with E-state index >= 15 is 0 Å². The van der Waals surface area contributed by atoms with E-state index in [9.17, 15) is 8.42 Å². The summed E-state index contributed by atoms with van der Waals surface area (Å²) in [4.78, 5) is 6.48. The van der Waals surface area contributed by atoms with Gasteiger partial charge in [-0.15, -0.1) is 0 Å². The molecule has 1 saturated heterocycles. The van der Waals surface area contributed by atoms with E-state index < -0.39 is 10.0 Å². The number of nitrogens with zero attached hydrogens (tertiary/aromatic N) is 2. The number of halogens is 1. The number of H-pyrrole nitrogens is 1. The fourth-order valence-electron chi connectivity index (χ4n) is 2.76. The van der Waals surface area contributed by atoms with Crippen LogP contribution in [0, 0.1) is 0 Å². The zero-order valence-electron chi connectivity index (χ0n) is 11.4. The minimum atomic E-state index is -3.51. The molecule has 5 nitrogen and oxygen atoms in total. The molecule has 0 radical (unpaired) electrons. The van der Waals surface area contributed by atoms with Gasteiger partial charge in [0.25, 0.3) is 10.0 Å². The Morgan fingerprint density at radius 1 is 1.38 bits per heavy atom. The van der Waals surface area contributed by atoms with Gasteiger partial charge < -0.3 is 4.98 Å². The highest BCUT2D eigenvalue weighted by molar-refractivity contribution is 7.89. The van der Waals surface area contributed by atoms with Gasteiger partial charge in [-0.1, -0.05) is 29.8 Å². The Morgan fingerprint density at radius 2 is 2.19 bits per heavy atom. The lowest BCUT2D eigenvalue weighted by atomic mass is 10.0. The maximum atomic E-state index is 12.6. The van der Waals surface area contributed by atoms with E-state index in [0.29, 0.717) is 18.0 Å². The number of benzene rings is 1. The van der Waals surface area contributed by atoms with Crippen LogP contribution in [0.3, 0.4) is 0 Å². The number of hydrogen-bond donors (Lipinski definition) is 1. The van der Waals surface area contributed by atoms with Gasteiger partial charge in [0.2, 0.25) is 0 Å². The second kappa shape index (κ2) is 5.79. The fourth-order valence-corrected chi connectivity index (χ4v) is 4.56. The summed E-state index contributed by atoms with van der Waals surface area (Å²) in [5, 5.41) is 0.830. The monoisotopic (exact) mass is 325 g/mol. The number of hydrogen-bond acceptors (Lipinski definition) is 3. The van der Waals surface area contributed by atoms with Crippen molar-refractivity contribution in [2.45, 2.75) is 30.3 Å². The lowest BCUT2D eigenvalue weighted by Crippen LogP contribution is -2.37. The van der Waals surface area contributed by atoms with Gasteiger partial charge in [-0.2, -0.15) is 4.31 Å². The first-order chi connectivity index (χ1) is 10.1. The van der Waals surface area contributed by atoms with Gasteiger partial charge in [-0.05, 0) is 30.9 Å². The average molecular weight is 326 g/mol. The van der Waals surface area contributed by atoms with Crippen molar-refractivity contribution in [2.24, 2.45) is 0 Å². The van der Waals surface area contributed by atoms with Gasteiger partial charge in [0.15, 0.2) is 5.03 Å². The van der Waals surface area contributed by atoms with E-state index in [2.05, 4.69) is 9.97 Å². The van der Waals surface area contributed by atoms with Crippen LogP contribution in [-0.2, 0) is 16.4 Å². The maximum absolute atomic E-state index is 12.6. The minimum Gasteiger partial charge on any atom is -0.335 e. The topological polar surface area (TPSA) is 66.1 Å². The molecule has 1 atom stereocenters. The highest BCUT2D eigenvalue weighted by Crippen LogP contribution is 2.29. The summed E-state index contributed by atoms with van der Waals surface area (Å²) in [5.41, 5.74) is 0.982. The molecule has 112 valence electrons. The summed E-state index contributed by atoms with van der Waals surface area (Å²) in [6, 6.07) is 7.52. The largest absolute Gasteiger partial charge is 0.335 e. The van der Waals surface area contributed by atoms with Gasteiger partial charge in [-0.25, -0.2) is 13.4 Å². The highest BCUT2D eigenvalue weighted by atomic mass is 35.5. The molecule has 1 aromatic carbocycles. The van der Waals surface area contributed by atoms with Crippen LogP contribution in [0.25, 0.3) is 0 Å². The summed E-state index contributed by atoms with van der Waals surface area (Å²) in [5.74, 6) is 0. The Balaban J connectivity index is 1.85. The van der Waals surface area contributed by atoms with Crippen LogP contribution in [0.5, 0.6) is 0 Å². The Hall–Kier alpha value is -1.37. The molecule has 0 spiro atoms. The van der Waals surface area contributed by atoms with Crippen LogP contribution in [0.4, 0.5) is 0 Å². The Kier molecular flexibility index (Phi) is 4.01. The SMILES string of the molecule is O=S(=O)(c1cnc[nH]1)N1CCCC1Cc1ccccc1Cl. The number of nitrogens with one attached hydrogen (secondary N) is 1. The summed E-state index contributed by atoms with van der Waals surface area (Å²) in [6.07, 6.45) is 5.07. The molecule has 0 amide bonds. The third kappa shape index (κ3) is 2.84. The van der Waals surface area contributed by atoms with Crippen molar-refractivity contribution in [1.29, 1.82) is 0 Å². The van der Waals surface area contributed by atoms with Crippen molar-refractivity contribution in [3.8, 4) is 0 Å². The van der Waals surface area contributed by atoms with E-state index in [4.69, 9.17) is 11.6 Å². The van der Waals surface area contributed by atoms with Gasteiger partial charge in [0.1, 0.15) is 0 Å². The molecular weight excluding hydrogens is 310 g/mol. The smallest absolute Gasteiger partial charge is 0.260 e. The molecular formula is C14H16ClN3O2S. The van der Waals surface area contributed by atoms with Crippen LogP contribution in [-0.4, -0.2) is 35.3 Å².